The molecule has 2 rings (SSSR count). The van der Waals surface area contributed by atoms with Crippen LogP contribution in [-0.2, 0) is 0 Å². The van der Waals surface area contributed by atoms with Crippen LogP contribution in [0.4, 0.5) is 0 Å². The molecule has 1 unspecified atom stereocenters. The van der Waals surface area contributed by atoms with Crippen molar-refractivity contribution >= 4 is 0 Å². The van der Waals surface area contributed by atoms with Crippen molar-refractivity contribution in [1.82, 2.24) is 5.32 Å². The second kappa shape index (κ2) is 7.11. The van der Waals surface area contributed by atoms with Crippen LogP contribution in [0.25, 0.3) is 0 Å². The summed E-state index contributed by atoms with van der Waals surface area (Å²) < 4.78 is 0. The van der Waals surface area contributed by atoms with E-state index in [4.69, 9.17) is 0 Å². The normalized spacial score (nSPS) is 28.6. The van der Waals surface area contributed by atoms with Gasteiger partial charge in [-0.3, -0.25) is 0 Å². The Morgan fingerprint density at radius 2 is 1.62 bits per heavy atom. The minimum absolute atomic E-state index is 0.825. The van der Waals surface area contributed by atoms with E-state index in [1.807, 2.05) is 0 Å². The first-order chi connectivity index (χ1) is 7.95. The highest BCUT2D eigenvalue weighted by Crippen LogP contribution is 2.20. The van der Waals surface area contributed by atoms with E-state index in [0.29, 0.717) is 0 Å². The molecule has 1 saturated carbocycles. The smallest absolute Gasteiger partial charge is 0.00671 e. The van der Waals surface area contributed by atoms with Gasteiger partial charge in [0.05, 0.1) is 0 Å². The quantitative estimate of drug-likeness (QED) is 0.709. The highest BCUT2D eigenvalue weighted by molar-refractivity contribution is 4.90. The largest absolute Gasteiger partial charge is 0.314 e. The fourth-order valence-electron chi connectivity index (χ4n) is 3.04. The van der Waals surface area contributed by atoms with Crippen molar-refractivity contribution in [2.45, 2.75) is 70.3 Å². The van der Waals surface area contributed by atoms with Crippen LogP contribution >= 0.6 is 0 Å². The zero-order valence-corrected chi connectivity index (χ0v) is 10.6. The molecule has 1 heteroatoms. The van der Waals surface area contributed by atoms with E-state index in [0.717, 1.165) is 12.0 Å². The molecule has 1 fully saturated rings. The molecule has 0 aromatic carbocycles. The highest BCUT2D eigenvalue weighted by atomic mass is 14.9. The number of rotatable bonds is 3. The first-order valence-corrected chi connectivity index (χ1v) is 7.33. The summed E-state index contributed by atoms with van der Waals surface area (Å²) in [5.41, 5.74) is 0. The molecule has 2 aliphatic carbocycles. The summed E-state index contributed by atoms with van der Waals surface area (Å²) in [6.07, 6.45) is 18.8. The standard InChI is InChI=1S/C15H27N/c1-2-7-11-15(12-8-3-1)16-13-14-9-5-4-6-10-14/h4-5,14-16H,1-3,6-13H2. The summed E-state index contributed by atoms with van der Waals surface area (Å²) >= 11 is 0. The Labute approximate surface area is 101 Å². The Morgan fingerprint density at radius 1 is 0.875 bits per heavy atom. The highest BCUT2D eigenvalue weighted by Gasteiger charge is 2.14. The van der Waals surface area contributed by atoms with Crippen LogP contribution in [0.5, 0.6) is 0 Å². The molecule has 0 spiro atoms. The van der Waals surface area contributed by atoms with Gasteiger partial charge < -0.3 is 5.32 Å². The first-order valence-electron chi connectivity index (χ1n) is 7.33. The summed E-state index contributed by atoms with van der Waals surface area (Å²) in [6.45, 7) is 1.26. The van der Waals surface area contributed by atoms with Crippen molar-refractivity contribution < 1.29 is 0 Å². The molecule has 2 aliphatic rings. The maximum atomic E-state index is 3.83. The first kappa shape index (κ1) is 12.2. The van der Waals surface area contributed by atoms with Gasteiger partial charge in [0.2, 0.25) is 0 Å². The molecule has 0 saturated heterocycles. The average molecular weight is 221 g/mol. The van der Waals surface area contributed by atoms with Gasteiger partial charge in [-0.15, -0.1) is 0 Å². The molecule has 1 N–H and O–H groups in total. The fraction of sp³-hybridized carbons (Fsp3) is 0.867. The van der Waals surface area contributed by atoms with E-state index in [9.17, 15) is 0 Å². The van der Waals surface area contributed by atoms with Crippen molar-refractivity contribution in [2.75, 3.05) is 6.54 Å². The van der Waals surface area contributed by atoms with Crippen molar-refractivity contribution in [1.29, 1.82) is 0 Å². The molecule has 0 radical (unpaired) electrons. The van der Waals surface area contributed by atoms with Gasteiger partial charge in [-0.25, -0.2) is 0 Å². The van der Waals surface area contributed by atoms with E-state index >= 15 is 0 Å². The molecule has 0 amide bonds. The zero-order chi connectivity index (χ0) is 11.1. The second-order valence-electron chi connectivity index (χ2n) is 5.60. The van der Waals surface area contributed by atoms with Crippen LogP contribution in [0.3, 0.4) is 0 Å². The van der Waals surface area contributed by atoms with Crippen molar-refractivity contribution in [2.24, 2.45) is 5.92 Å². The minimum Gasteiger partial charge on any atom is -0.314 e. The molecule has 0 aliphatic heterocycles. The van der Waals surface area contributed by atoms with Gasteiger partial charge >= 0.3 is 0 Å². The molecule has 16 heavy (non-hydrogen) atoms. The lowest BCUT2D eigenvalue weighted by Gasteiger charge is -2.25. The van der Waals surface area contributed by atoms with Crippen molar-refractivity contribution in [3.05, 3.63) is 12.2 Å². The fourth-order valence-corrected chi connectivity index (χ4v) is 3.04. The predicted molar refractivity (Wildman–Crippen MR) is 70.6 cm³/mol. The number of nitrogens with one attached hydrogen (secondary N) is 1. The summed E-state index contributed by atoms with van der Waals surface area (Å²) in [5.74, 6) is 0.912. The molecule has 1 nitrogen and oxygen atoms in total. The Bertz CT molecular complexity index is 201. The number of allylic oxidation sites excluding steroid dienone is 2. The molecule has 0 aromatic heterocycles. The molecule has 92 valence electrons. The molecule has 0 heterocycles. The van der Waals surface area contributed by atoms with Gasteiger partial charge in [0.1, 0.15) is 0 Å². The van der Waals surface area contributed by atoms with Gasteiger partial charge in [-0.2, -0.15) is 0 Å². The average Bonchev–Trinajstić information content (AvgIpc) is 2.29. The topological polar surface area (TPSA) is 12.0 Å². The maximum absolute atomic E-state index is 3.83. The van der Waals surface area contributed by atoms with Gasteiger partial charge in [-0.1, -0.05) is 44.3 Å². The van der Waals surface area contributed by atoms with Crippen LogP contribution < -0.4 is 5.32 Å². The van der Waals surface area contributed by atoms with E-state index in [1.54, 1.807) is 0 Å². The Hall–Kier alpha value is -0.300. The maximum Gasteiger partial charge on any atom is 0.00671 e. The molecule has 0 aromatic rings. The third-order valence-electron chi connectivity index (χ3n) is 4.18. The summed E-state index contributed by atoms with van der Waals surface area (Å²) in [5, 5.41) is 3.83. The SMILES string of the molecule is C1=CCC(CNC2CCCCCCC2)CC1. The van der Waals surface area contributed by atoms with Gasteiger partial charge in [0.15, 0.2) is 0 Å². The van der Waals surface area contributed by atoms with E-state index < -0.39 is 0 Å². The zero-order valence-electron chi connectivity index (χ0n) is 10.6. The lowest BCUT2D eigenvalue weighted by atomic mass is 9.92. The molecule has 1 atom stereocenters. The third-order valence-corrected chi connectivity index (χ3v) is 4.18. The molecular formula is C15H27N. The van der Waals surface area contributed by atoms with Crippen LogP contribution in [0.2, 0.25) is 0 Å². The Kier molecular flexibility index (Phi) is 5.41. The lowest BCUT2D eigenvalue weighted by Crippen LogP contribution is -2.34. The monoisotopic (exact) mass is 221 g/mol. The van der Waals surface area contributed by atoms with Crippen LogP contribution in [0.15, 0.2) is 12.2 Å². The molecule has 0 bridgehead atoms. The van der Waals surface area contributed by atoms with E-state index in [1.165, 1.54) is 70.8 Å². The summed E-state index contributed by atoms with van der Waals surface area (Å²) in [4.78, 5) is 0. The summed E-state index contributed by atoms with van der Waals surface area (Å²) in [6, 6.07) is 0.825. The van der Waals surface area contributed by atoms with Crippen LogP contribution in [0.1, 0.15) is 64.2 Å². The number of hydrogen-bond donors (Lipinski definition) is 1. The van der Waals surface area contributed by atoms with Gasteiger partial charge in [-0.05, 0) is 44.6 Å². The van der Waals surface area contributed by atoms with Crippen LogP contribution in [0, 0.1) is 5.92 Å². The van der Waals surface area contributed by atoms with Crippen LogP contribution in [-0.4, -0.2) is 12.6 Å². The Balaban J connectivity index is 1.65. The predicted octanol–water partition coefficient (Wildman–Crippen LogP) is 4.05. The minimum atomic E-state index is 0.825. The van der Waals surface area contributed by atoms with E-state index in [-0.39, 0.29) is 0 Å². The third kappa shape index (κ3) is 4.29. The lowest BCUT2D eigenvalue weighted by molar-refractivity contribution is 0.349. The van der Waals surface area contributed by atoms with Gasteiger partial charge in [0.25, 0.3) is 0 Å². The van der Waals surface area contributed by atoms with E-state index in [2.05, 4.69) is 17.5 Å². The number of hydrogen-bond acceptors (Lipinski definition) is 1. The second-order valence-corrected chi connectivity index (χ2v) is 5.60. The van der Waals surface area contributed by atoms with Gasteiger partial charge in [0, 0.05) is 6.04 Å². The summed E-state index contributed by atoms with van der Waals surface area (Å²) in [7, 11) is 0. The van der Waals surface area contributed by atoms with Crippen molar-refractivity contribution in [3.63, 3.8) is 0 Å². The van der Waals surface area contributed by atoms with Crippen molar-refractivity contribution in [3.8, 4) is 0 Å². The molecular weight excluding hydrogens is 194 g/mol. The Morgan fingerprint density at radius 3 is 2.31 bits per heavy atom.